The molecule has 0 saturated heterocycles. The van der Waals surface area contributed by atoms with Crippen molar-refractivity contribution in [3.8, 4) is 0 Å². The lowest BCUT2D eigenvalue weighted by Gasteiger charge is -2.05. The van der Waals surface area contributed by atoms with Gasteiger partial charge in [-0.05, 0) is 6.42 Å². The fraction of sp³-hybridized carbons (Fsp3) is 0.556. The normalized spacial score (nSPS) is 10.1. The number of hydrogen-bond acceptors (Lipinski definition) is 3. The summed E-state index contributed by atoms with van der Waals surface area (Å²) in [5.41, 5.74) is -0.947. The molecule has 0 atom stereocenters. The van der Waals surface area contributed by atoms with Gasteiger partial charge in [0, 0.05) is 6.07 Å². The summed E-state index contributed by atoms with van der Waals surface area (Å²) in [5.74, 6) is 0. The summed E-state index contributed by atoms with van der Waals surface area (Å²) < 4.78 is 1.04. The van der Waals surface area contributed by atoms with Crippen molar-refractivity contribution in [2.45, 2.75) is 26.2 Å². The van der Waals surface area contributed by atoms with Crippen LogP contribution in [0, 0.1) is 0 Å². The van der Waals surface area contributed by atoms with Crippen molar-refractivity contribution in [2.24, 2.45) is 0 Å². The average molecular weight is 198 g/mol. The molecule has 1 aromatic heterocycles. The van der Waals surface area contributed by atoms with Gasteiger partial charge in [-0.15, -0.1) is 4.73 Å². The summed E-state index contributed by atoms with van der Waals surface area (Å²) in [6.07, 6.45) is 4.40. The molecule has 0 amide bonds. The Kier molecular flexibility index (Phi) is 3.97. The zero-order valence-corrected chi connectivity index (χ0v) is 8.16. The van der Waals surface area contributed by atoms with E-state index in [2.05, 4.69) is 11.9 Å². The lowest BCUT2D eigenvalue weighted by molar-refractivity contribution is 0.0950. The topological polar surface area (TPSA) is 64.1 Å². The summed E-state index contributed by atoms with van der Waals surface area (Å²) in [6.45, 7) is 2.58. The molecule has 0 saturated carbocycles. The fourth-order valence-corrected chi connectivity index (χ4v) is 1.02. The Morgan fingerprint density at radius 1 is 1.43 bits per heavy atom. The molecule has 0 aliphatic heterocycles. The minimum absolute atomic E-state index is 0.414. The first-order chi connectivity index (χ1) is 6.74. The van der Waals surface area contributed by atoms with Crippen LogP contribution >= 0.6 is 0 Å². The van der Waals surface area contributed by atoms with Crippen molar-refractivity contribution in [3.05, 3.63) is 33.1 Å². The van der Waals surface area contributed by atoms with Gasteiger partial charge in [0.15, 0.2) is 0 Å². The molecule has 5 nitrogen and oxygen atoms in total. The van der Waals surface area contributed by atoms with Gasteiger partial charge in [0.1, 0.15) is 6.61 Å². The van der Waals surface area contributed by atoms with Crippen LogP contribution < -0.4 is 16.1 Å². The maximum Gasteiger partial charge on any atom is 0.361 e. The zero-order valence-electron chi connectivity index (χ0n) is 8.16. The van der Waals surface area contributed by atoms with E-state index in [-0.39, 0.29) is 0 Å². The SMILES string of the molecule is CCCCCOn1ccc(=O)[nH]c1=O. The van der Waals surface area contributed by atoms with Gasteiger partial charge in [-0.1, -0.05) is 19.8 Å². The van der Waals surface area contributed by atoms with E-state index in [4.69, 9.17) is 4.84 Å². The van der Waals surface area contributed by atoms with E-state index in [9.17, 15) is 9.59 Å². The number of aromatic nitrogens is 2. The molecule has 14 heavy (non-hydrogen) atoms. The molecule has 0 aliphatic carbocycles. The van der Waals surface area contributed by atoms with Gasteiger partial charge in [0.2, 0.25) is 0 Å². The number of nitrogens with one attached hydrogen (secondary N) is 1. The van der Waals surface area contributed by atoms with Gasteiger partial charge in [-0.3, -0.25) is 9.78 Å². The van der Waals surface area contributed by atoms with E-state index in [0.29, 0.717) is 6.61 Å². The number of hydrogen-bond donors (Lipinski definition) is 1. The highest BCUT2D eigenvalue weighted by atomic mass is 16.7. The molecule has 1 heterocycles. The van der Waals surface area contributed by atoms with Crippen LogP contribution in [0.3, 0.4) is 0 Å². The van der Waals surface area contributed by atoms with E-state index < -0.39 is 11.2 Å². The van der Waals surface area contributed by atoms with Crippen molar-refractivity contribution in [3.63, 3.8) is 0 Å². The first-order valence-electron chi connectivity index (χ1n) is 4.69. The summed E-state index contributed by atoms with van der Waals surface area (Å²) >= 11 is 0. The van der Waals surface area contributed by atoms with Gasteiger partial charge in [0.05, 0.1) is 6.20 Å². The van der Waals surface area contributed by atoms with Gasteiger partial charge < -0.3 is 4.84 Å². The maximum absolute atomic E-state index is 11.1. The Hall–Kier alpha value is -1.52. The second kappa shape index (κ2) is 5.26. The van der Waals surface area contributed by atoms with E-state index >= 15 is 0 Å². The van der Waals surface area contributed by atoms with E-state index in [1.807, 2.05) is 0 Å². The Morgan fingerprint density at radius 3 is 2.86 bits per heavy atom. The first-order valence-corrected chi connectivity index (χ1v) is 4.69. The third kappa shape index (κ3) is 3.08. The summed E-state index contributed by atoms with van der Waals surface area (Å²) in [5, 5.41) is 0. The largest absolute Gasteiger partial charge is 0.410 e. The third-order valence-corrected chi connectivity index (χ3v) is 1.77. The number of rotatable bonds is 5. The number of aromatic amines is 1. The molecule has 0 bridgehead atoms. The lowest BCUT2D eigenvalue weighted by atomic mass is 10.3. The summed E-state index contributed by atoms with van der Waals surface area (Å²) in [7, 11) is 0. The quantitative estimate of drug-likeness (QED) is 0.685. The highest BCUT2D eigenvalue weighted by molar-refractivity contribution is 4.79. The highest BCUT2D eigenvalue weighted by Crippen LogP contribution is 1.91. The van der Waals surface area contributed by atoms with Gasteiger partial charge in [0.25, 0.3) is 5.56 Å². The van der Waals surface area contributed by atoms with Crippen molar-refractivity contribution in [1.82, 2.24) is 9.71 Å². The summed E-state index contributed by atoms with van der Waals surface area (Å²) in [6, 6.07) is 1.25. The predicted octanol–water partition coefficient (Wildman–Crippen LogP) is 0.155. The molecule has 0 unspecified atom stereocenters. The van der Waals surface area contributed by atoms with Gasteiger partial charge in [-0.2, -0.15) is 0 Å². The van der Waals surface area contributed by atoms with Crippen LogP contribution in [-0.4, -0.2) is 16.3 Å². The van der Waals surface area contributed by atoms with E-state index in [0.717, 1.165) is 24.0 Å². The maximum atomic E-state index is 11.1. The molecular formula is C9H14N2O3. The molecule has 1 aromatic rings. The molecule has 0 aliphatic rings. The average Bonchev–Trinajstić information content (AvgIpc) is 2.15. The molecule has 1 N–H and O–H groups in total. The molecule has 0 radical (unpaired) electrons. The second-order valence-electron chi connectivity index (χ2n) is 2.98. The van der Waals surface area contributed by atoms with Crippen molar-refractivity contribution in [2.75, 3.05) is 6.61 Å². The number of H-pyrrole nitrogens is 1. The Balaban J connectivity index is 2.51. The van der Waals surface area contributed by atoms with Crippen LogP contribution in [0.4, 0.5) is 0 Å². The van der Waals surface area contributed by atoms with E-state index in [1.54, 1.807) is 0 Å². The predicted molar refractivity (Wildman–Crippen MR) is 52.3 cm³/mol. The Bertz CT molecular complexity index is 380. The van der Waals surface area contributed by atoms with Crippen LogP contribution in [-0.2, 0) is 0 Å². The highest BCUT2D eigenvalue weighted by Gasteiger charge is 1.95. The molecule has 5 heteroatoms. The van der Waals surface area contributed by atoms with Crippen LogP contribution in [0.1, 0.15) is 26.2 Å². The van der Waals surface area contributed by atoms with Crippen molar-refractivity contribution in [1.29, 1.82) is 0 Å². The molecule has 0 aromatic carbocycles. The monoisotopic (exact) mass is 198 g/mol. The second-order valence-corrected chi connectivity index (χ2v) is 2.98. The van der Waals surface area contributed by atoms with Crippen LogP contribution in [0.15, 0.2) is 21.9 Å². The lowest BCUT2D eigenvalue weighted by Crippen LogP contribution is -2.33. The number of nitrogens with zero attached hydrogens (tertiary/aromatic N) is 1. The molecule has 78 valence electrons. The van der Waals surface area contributed by atoms with Gasteiger partial charge >= 0.3 is 5.69 Å². The van der Waals surface area contributed by atoms with Crippen LogP contribution in [0.5, 0.6) is 0 Å². The Morgan fingerprint density at radius 2 is 2.21 bits per heavy atom. The molecule has 1 rings (SSSR count). The third-order valence-electron chi connectivity index (χ3n) is 1.77. The smallest absolute Gasteiger partial charge is 0.361 e. The van der Waals surface area contributed by atoms with Crippen molar-refractivity contribution >= 4 is 0 Å². The molecule has 0 spiro atoms. The standard InChI is InChI=1S/C9H14N2O3/c1-2-3-4-7-14-11-6-5-8(12)10-9(11)13/h5-6H,2-4,7H2,1H3,(H,10,12,13). The Labute approximate surface area is 81.3 Å². The van der Waals surface area contributed by atoms with Crippen LogP contribution in [0.25, 0.3) is 0 Å². The van der Waals surface area contributed by atoms with Gasteiger partial charge in [-0.25, -0.2) is 4.79 Å². The van der Waals surface area contributed by atoms with Crippen molar-refractivity contribution < 1.29 is 4.84 Å². The fourth-order valence-electron chi connectivity index (χ4n) is 1.02. The zero-order chi connectivity index (χ0) is 10.4. The number of unbranched alkanes of at least 4 members (excludes halogenated alkanes) is 2. The minimum atomic E-state index is -0.533. The molecular weight excluding hydrogens is 184 g/mol. The minimum Gasteiger partial charge on any atom is -0.410 e. The van der Waals surface area contributed by atoms with E-state index in [1.165, 1.54) is 12.3 Å². The summed E-state index contributed by atoms with van der Waals surface area (Å²) in [4.78, 5) is 29.0. The first kappa shape index (κ1) is 10.6. The van der Waals surface area contributed by atoms with Crippen LogP contribution in [0.2, 0.25) is 0 Å². The molecule has 0 fully saturated rings.